The van der Waals surface area contributed by atoms with Gasteiger partial charge in [0.1, 0.15) is 0 Å². The number of carbonyl (C=O) groups excluding carboxylic acids is 1. The number of hydrogen-bond acceptors (Lipinski definition) is 1. The molecule has 0 N–H and O–H groups in total. The van der Waals surface area contributed by atoms with Crippen molar-refractivity contribution in [2.45, 2.75) is 77.6 Å². The highest BCUT2D eigenvalue weighted by atomic mass is 16.1. The first-order valence-electron chi connectivity index (χ1n) is 9.06. The van der Waals surface area contributed by atoms with Gasteiger partial charge in [0.15, 0.2) is 5.78 Å². The van der Waals surface area contributed by atoms with Gasteiger partial charge in [-0.15, -0.1) is 0 Å². The van der Waals surface area contributed by atoms with Gasteiger partial charge in [0.25, 0.3) is 0 Å². The molecule has 0 unspecified atom stereocenters. The SMILES string of the molecule is CCCCCCCCC/C=C/C(=O)CCCc1ccccc1. The molecular formula is C21H32O. The third-order valence-corrected chi connectivity index (χ3v) is 4.01. The highest BCUT2D eigenvalue weighted by molar-refractivity contribution is 5.89. The molecule has 0 saturated heterocycles. The zero-order valence-electron chi connectivity index (χ0n) is 14.2. The molecule has 0 heterocycles. The maximum atomic E-state index is 11.8. The Balaban J connectivity index is 1.95. The standard InChI is InChI=1S/C21H32O/c1-2-3-4-5-6-7-8-9-13-18-21(22)19-14-17-20-15-11-10-12-16-20/h10-13,15-16,18H,2-9,14,17,19H2,1H3/b18-13+. The van der Waals surface area contributed by atoms with Gasteiger partial charge in [-0.25, -0.2) is 0 Å². The van der Waals surface area contributed by atoms with Crippen LogP contribution in [-0.4, -0.2) is 5.78 Å². The first-order valence-corrected chi connectivity index (χ1v) is 9.06. The molecular weight excluding hydrogens is 268 g/mol. The first kappa shape index (κ1) is 18.7. The van der Waals surface area contributed by atoms with Gasteiger partial charge in [0.2, 0.25) is 0 Å². The van der Waals surface area contributed by atoms with Gasteiger partial charge in [-0.2, -0.15) is 0 Å². The maximum Gasteiger partial charge on any atom is 0.155 e. The smallest absolute Gasteiger partial charge is 0.155 e. The van der Waals surface area contributed by atoms with Crippen molar-refractivity contribution in [2.24, 2.45) is 0 Å². The third-order valence-electron chi connectivity index (χ3n) is 4.01. The van der Waals surface area contributed by atoms with Gasteiger partial charge in [-0.1, -0.05) is 81.9 Å². The molecule has 1 aromatic rings. The summed E-state index contributed by atoms with van der Waals surface area (Å²) < 4.78 is 0. The van der Waals surface area contributed by atoms with E-state index in [-0.39, 0.29) is 5.78 Å². The van der Waals surface area contributed by atoms with Gasteiger partial charge < -0.3 is 0 Å². The van der Waals surface area contributed by atoms with E-state index in [4.69, 9.17) is 0 Å². The van der Waals surface area contributed by atoms with Crippen molar-refractivity contribution in [3.05, 3.63) is 48.0 Å². The summed E-state index contributed by atoms with van der Waals surface area (Å²) in [5.41, 5.74) is 1.32. The second-order valence-corrected chi connectivity index (χ2v) is 6.12. The largest absolute Gasteiger partial charge is 0.295 e. The number of rotatable bonds is 13. The lowest BCUT2D eigenvalue weighted by molar-refractivity contribution is -0.114. The van der Waals surface area contributed by atoms with E-state index in [1.807, 2.05) is 6.07 Å². The molecule has 22 heavy (non-hydrogen) atoms. The van der Waals surface area contributed by atoms with Crippen molar-refractivity contribution in [3.63, 3.8) is 0 Å². The molecule has 0 aliphatic heterocycles. The average Bonchev–Trinajstić information content (AvgIpc) is 2.54. The molecule has 0 amide bonds. The molecule has 1 heteroatoms. The van der Waals surface area contributed by atoms with Crippen LogP contribution in [0.5, 0.6) is 0 Å². The molecule has 1 rings (SSSR count). The van der Waals surface area contributed by atoms with Crippen molar-refractivity contribution < 1.29 is 4.79 Å². The lowest BCUT2D eigenvalue weighted by Crippen LogP contribution is -1.94. The van der Waals surface area contributed by atoms with E-state index in [2.05, 4.69) is 37.3 Å². The van der Waals surface area contributed by atoms with E-state index < -0.39 is 0 Å². The van der Waals surface area contributed by atoms with E-state index in [0.29, 0.717) is 6.42 Å². The molecule has 1 nitrogen and oxygen atoms in total. The summed E-state index contributed by atoms with van der Waals surface area (Å²) >= 11 is 0. The van der Waals surface area contributed by atoms with Crippen molar-refractivity contribution in [1.29, 1.82) is 0 Å². The minimum absolute atomic E-state index is 0.277. The molecule has 1 aromatic carbocycles. The van der Waals surface area contributed by atoms with Crippen LogP contribution in [0.2, 0.25) is 0 Å². The first-order chi connectivity index (χ1) is 10.8. The summed E-state index contributed by atoms with van der Waals surface area (Å²) in [6.45, 7) is 2.25. The van der Waals surface area contributed by atoms with E-state index >= 15 is 0 Å². The number of unbranched alkanes of at least 4 members (excludes halogenated alkanes) is 7. The fraction of sp³-hybridized carbons (Fsp3) is 0.571. The summed E-state index contributed by atoms with van der Waals surface area (Å²) in [6.07, 6.45) is 16.8. The molecule has 0 radical (unpaired) electrons. The Kier molecular flexibility index (Phi) is 11.3. The second-order valence-electron chi connectivity index (χ2n) is 6.12. The zero-order valence-corrected chi connectivity index (χ0v) is 14.2. The van der Waals surface area contributed by atoms with Crippen LogP contribution in [0.4, 0.5) is 0 Å². The molecule has 0 spiro atoms. The lowest BCUT2D eigenvalue weighted by atomic mass is 10.1. The van der Waals surface area contributed by atoms with Gasteiger partial charge in [0.05, 0.1) is 0 Å². The monoisotopic (exact) mass is 300 g/mol. The minimum atomic E-state index is 0.277. The van der Waals surface area contributed by atoms with Crippen LogP contribution >= 0.6 is 0 Å². The quantitative estimate of drug-likeness (QED) is 0.310. The van der Waals surface area contributed by atoms with E-state index in [1.54, 1.807) is 6.08 Å². The fourth-order valence-corrected chi connectivity index (χ4v) is 2.63. The predicted molar refractivity (Wildman–Crippen MR) is 96.1 cm³/mol. The lowest BCUT2D eigenvalue weighted by Gasteiger charge is -2.00. The number of hydrogen-bond donors (Lipinski definition) is 0. The van der Waals surface area contributed by atoms with Crippen molar-refractivity contribution in [2.75, 3.05) is 0 Å². The minimum Gasteiger partial charge on any atom is -0.295 e. The van der Waals surface area contributed by atoms with Gasteiger partial charge in [-0.05, 0) is 37.3 Å². The Hall–Kier alpha value is -1.37. The maximum absolute atomic E-state index is 11.8. The van der Waals surface area contributed by atoms with Gasteiger partial charge in [-0.3, -0.25) is 4.79 Å². The zero-order chi connectivity index (χ0) is 15.9. The van der Waals surface area contributed by atoms with Crippen LogP contribution in [0.15, 0.2) is 42.5 Å². The van der Waals surface area contributed by atoms with E-state index in [0.717, 1.165) is 19.3 Å². The predicted octanol–water partition coefficient (Wildman–Crippen LogP) is 6.28. The van der Waals surface area contributed by atoms with Crippen LogP contribution in [0.1, 0.15) is 76.7 Å². The summed E-state index contributed by atoms with van der Waals surface area (Å²) in [5.74, 6) is 0.277. The van der Waals surface area contributed by atoms with Crippen LogP contribution in [-0.2, 0) is 11.2 Å². The van der Waals surface area contributed by atoms with Crippen molar-refractivity contribution >= 4 is 5.78 Å². The Labute approximate surface area is 136 Å². The molecule has 0 aromatic heterocycles. The average molecular weight is 300 g/mol. The third kappa shape index (κ3) is 10.4. The summed E-state index contributed by atoms with van der Waals surface area (Å²) in [7, 11) is 0. The Morgan fingerprint density at radius 2 is 1.59 bits per heavy atom. The topological polar surface area (TPSA) is 17.1 Å². The Morgan fingerprint density at radius 3 is 2.32 bits per heavy atom. The van der Waals surface area contributed by atoms with Gasteiger partial charge in [0, 0.05) is 6.42 Å². The molecule has 0 aliphatic rings. The molecule has 0 fully saturated rings. The van der Waals surface area contributed by atoms with Crippen molar-refractivity contribution in [1.82, 2.24) is 0 Å². The molecule has 0 saturated carbocycles. The van der Waals surface area contributed by atoms with Gasteiger partial charge >= 0.3 is 0 Å². The second kappa shape index (κ2) is 13.3. The molecule has 0 aliphatic carbocycles. The highest BCUT2D eigenvalue weighted by Gasteiger charge is 1.98. The number of carbonyl (C=O) groups is 1. The molecule has 0 atom stereocenters. The fourth-order valence-electron chi connectivity index (χ4n) is 2.63. The summed E-state index contributed by atoms with van der Waals surface area (Å²) in [4.78, 5) is 11.8. The normalized spacial score (nSPS) is 11.1. The number of allylic oxidation sites excluding steroid dienone is 2. The highest BCUT2D eigenvalue weighted by Crippen LogP contribution is 2.09. The summed E-state index contributed by atoms with van der Waals surface area (Å²) in [6, 6.07) is 10.4. The van der Waals surface area contributed by atoms with E-state index in [1.165, 1.54) is 50.5 Å². The van der Waals surface area contributed by atoms with Crippen LogP contribution in [0.25, 0.3) is 0 Å². The van der Waals surface area contributed by atoms with Crippen LogP contribution < -0.4 is 0 Å². The van der Waals surface area contributed by atoms with E-state index in [9.17, 15) is 4.79 Å². The van der Waals surface area contributed by atoms with Crippen LogP contribution in [0.3, 0.4) is 0 Å². The van der Waals surface area contributed by atoms with Crippen LogP contribution in [0, 0.1) is 0 Å². The molecule has 0 bridgehead atoms. The Morgan fingerprint density at radius 1 is 0.909 bits per heavy atom. The number of benzene rings is 1. The Bertz CT molecular complexity index is 405. The number of aryl methyl sites for hydroxylation is 1. The summed E-state index contributed by atoms with van der Waals surface area (Å²) in [5, 5.41) is 0. The van der Waals surface area contributed by atoms with Crippen molar-refractivity contribution in [3.8, 4) is 0 Å². The number of ketones is 1. The molecule has 122 valence electrons.